The number of anilines is 1. The number of aromatic nitrogens is 3. The van der Waals surface area contributed by atoms with Crippen LogP contribution in [-0.2, 0) is 28.3 Å². The molecule has 0 atom stereocenters. The maximum Gasteiger partial charge on any atom is 0.243 e. The minimum absolute atomic E-state index is 0.103. The molecule has 0 bridgehead atoms. The first kappa shape index (κ1) is 21.4. The predicted molar refractivity (Wildman–Crippen MR) is 115 cm³/mol. The Morgan fingerprint density at radius 3 is 2.62 bits per heavy atom. The maximum absolute atomic E-state index is 12.8. The average Bonchev–Trinajstić information content (AvgIpc) is 3.23. The lowest BCUT2D eigenvalue weighted by Gasteiger charge is -2.18. The van der Waals surface area contributed by atoms with E-state index < -0.39 is 10.0 Å². The van der Waals surface area contributed by atoms with E-state index in [-0.39, 0.29) is 17.2 Å². The summed E-state index contributed by atoms with van der Waals surface area (Å²) in [5.41, 5.74) is 3.93. The summed E-state index contributed by atoms with van der Waals surface area (Å²) in [6.07, 6.45) is 0.728. The van der Waals surface area contributed by atoms with Crippen molar-refractivity contribution in [1.82, 2.24) is 18.8 Å². The van der Waals surface area contributed by atoms with E-state index in [1.807, 2.05) is 32.4 Å². The average molecular weight is 436 g/mol. The van der Waals surface area contributed by atoms with E-state index in [0.29, 0.717) is 25.0 Å². The van der Waals surface area contributed by atoms with Crippen molar-refractivity contribution in [3.8, 4) is 0 Å². The normalized spacial score (nSPS) is 12.0. The zero-order valence-electron chi connectivity index (χ0n) is 17.0. The first-order valence-electron chi connectivity index (χ1n) is 9.43. The van der Waals surface area contributed by atoms with E-state index in [2.05, 4.69) is 15.3 Å². The van der Waals surface area contributed by atoms with Gasteiger partial charge in [0.2, 0.25) is 15.9 Å². The maximum atomic E-state index is 12.8. The highest BCUT2D eigenvalue weighted by atomic mass is 32.2. The standard InChI is InChI=1S/C19H25N5O3S2/c1-5-24(6-2)29(26,27)14-7-8-16-15(11-14)21-17(23(16)4)9-10-18(25)22-19-13(3)20-12-28-19/h7-8,11-12H,5-6,9-10H2,1-4H3,(H,22,25). The highest BCUT2D eigenvalue weighted by molar-refractivity contribution is 7.89. The van der Waals surface area contributed by atoms with Gasteiger partial charge in [-0.3, -0.25) is 4.79 Å². The molecule has 2 heterocycles. The molecule has 0 saturated heterocycles. The van der Waals surface area contributed by atoms with Crippen molar-refractivity contribution in [2.75, 3.05) is 18.4 Å². The van der Waals surface area contributed by atoms with Gasteiger partial charge >= 0.3 is 0 Å². The monoisotopic (exact) mass is 435 g/mol. The van der Waals surface area contributed by atoms with Crippen molar-refractivity contribution in [2.24, 2.45) is 7.05 Å². The number of sulfonamides is 1. The number of thiazole rings is 1. The topological polar surface area (TPSA) is 97.2 Å². The molecule has 1 amide bonds. The number of carbonyl (C=O) groups excluding carboxylic acids is 1. The first-order chi connectivity index (χ1) is 13.8. The molecular weight excluding hydrogens is 410 g/mol. The molecule has 1 aromatic carbocycles. The molecule has 3 rings (SSSR count). The van der Waals surface area contributed by atoms with Crippen molar-refractivity contribution in [2.45, 2.75) is 38.5 Å². The zero-order chi connectivity index (χ0) is 21.2. The molecule has 0 fully saturated rings. The molecule has 8 nitrogen and oxygen atoms in total. The summed E-state index contributed by atoms with van der Waals surface area (Å²) in [4.78, 5) is 21.2. The molecule has 10 heteroatoms. The van der Waals surface area contributed by atoms with Gasteiger partial charge in [-0.2, -0.15) is 4.31 Å². The third-order valence-electron chi connectivity index (χ3n) is 4.86. The molecule has 0 aliphatic carbocycles. The molecule has 1 N–H and O–H groups in total. The highest BCUT2D eigenvalue weighted by Crippen LogP contribution is 2.23. The quantitative estimate of drug-likeness (QED) is 0.587. The third-order valence-corrected chi connectivity index (χ3v) is 7.75. The molecule has 0 unspecified atom stereocenters. The van der Waals surface area contributed by atoms with E-state index in [9.17, 15) is 13.2 Å². The van der Waals surface area contributed by atoms with Gasteiger partial charge in [0.25, 0.3) is 0 Å². The van der Waals surface area contributed by atoms with Gasteiger partial charge in [0.1, 0.15) is 10.8 Å². The summed E-state index contributed by atoms with van der Waals surface area (Å²) in [6, 6.07) is 4.98. The number of nitrogens with zero attached hydrogens (tertiary/aromatic N) is 4. The van der Waals surface area contributed by atoms with Gasteiger partial charge in [-0.15, -0.1) is 11.3 Å². The third kappa shape index (κ3) is 4.34. The van der Waals surface area contributed by atoms with Crippen LogP contribution in [0.5, 0.6) is 0 Å². The SMILES string of the molecule is CCN(CC)S(=O)(=O)c1ccc2c(c1)nc(CCC(=O)Nc1scnc1C)n2C. The van der Waals surface area contributed by atoms with Crippen LogP contribution in [0, 0.1) is 6.92 Å². The molecule has 3 aromatic rings. The van der Waals surface area contributed by atoms with Crippen LogP contribution in [-0.4, -0.2) is 46.3 Å². The number of amides is 1. The molecule has 29 heavy (non-hydrogen) atoms. The fourth-order valence-corrected chi connectivity index (χ4v) is 5.35. The van der Waals surface area contributed by atoms with Crippen LogP contribution in [0.1, 0.15) is 31.8 Å². The van der Waals surface area contributed by atoms with E-state index in [0.717, 1.165) is 22.0 Å². The van der Waals surface area contributed by atoms with Crippen LogP contribution in [0.2, 0.25) is 0 Å². The Balaban J connectivity index is 1.79. The zero-order valence-corrected chi connectivity index (χ0v) is 18.6. The number of fused-ring (bicyclic) bond motifs is 1. The Labute approximate surface area is 174 Å². The Morgan fingerprint density at radius 2 is 2.00 bits per heavy atom. The van der Waals surface area contributed by atoms with Crippen LogP contribution in [0.4, 0.5) is 5.00 Å². The minimum atomic E-state index is -3.54. The van der Waals surface area contributed by atoms with Crippen molar-refractivity contribution in [1.29, 1.82) is 0 Å². The Morgan fingerprint density at radius 1 is 1.28 bits per heavy atom. The summed E-state index contributed by atoms with van der Waals surface area (Å²) in [5.74, 6) is 0.628. The fourth-order valence-electron chi connectivity index (χ4n) is 3.16. The van der Waals surface area contributed by atoms with Crippen molar-refractivity contribution in [3.05, 3.63) is 35.2 Å². The van der Waals surface area contributed by atoms with Gasteiger partial charge in [0, 0.05) is 33.0 Å². The second-order valence-electron chi connectivity index (χ2n) is 6.64. The van der Waals surface area contributed by atoms with Gasteiger partial charge in [-0.1, -0.05) is 13.8 Å². The molecule has 2 aromatic heterocycles. The number of benzene rings is 1. The summed E-state index contributed by atoms with van der Waals surface area (Å²) in [6.45, 7) is 6.31. The minimum Gasteiger partial charge on any atom is -0.331 e. The Kier molecular flexibility index (Phi) is 6.35. The molecule has 0 aliphatic rings. The summed E-state index contributed by atoms with van der Waals surface area (Å²) in [7, 11) is -1.67. The van der Waals surface area contributed by atoms with Crippen LogP contribution in [0.15, 0.2) is 28.6 Å². The van der Waals surface area contributed by atoms with Gasteiger partial charge in [-0.25, -0.2) is 18.4 Å². The van der Waals surface area contributed by atoms with Crippen LogP contribution in [0.3, 0.4) is 0 Å². The number of carbonyl (C=O) groups is 1. The predicted octanol–water partition coefficient (Wildman–Crippen LogP) is 2.94. The van der Waals surface area contributed by atoms with E-state index in [1.54, 1.807) is 23.7 Å². The number of rotatable bonds is 8. The lowest BCUT2D eigenvalue weighted by Crippen LogP contribution is -2.30. The molecule has 0 spiro atoms. The van der Waals surface area contributed by atoms with Crippen LogP contribution < -0.4 is 5.32 Å². The number of imidazole rings is 1. The lowest BCUT2D eigenvalue weighted by molar-refractivity contribution is -0.116. The molecule has 156 valence electrons. The number of hydrogen-bond donors (Lipinski definition) is 1. The summed E-state index contributed by atoms with van der Waals surface area (Å²) in [5, 5.41) is 3.62. The van der Waals surface area contributed by atoms with Gasteiger partial charge in [0.15, 0.2) is 0 Å². The van der Waals surface area contributed by atoms with Crippen LogP contribution in [0.25, 0.3) is 11.0 Å². The van der Waals surface area contributed by atoms with Crippen LogP contribution >= 0.6 is 11.3 Å². The number of hydrogen-bond acceptors (Lipinski definition) is 6. The van der Waals surface area contributed by atoms with Crippen molar-refractivity contribution < 1.29 is 13.2 Å². The lowest BCUT2D eigenvalue weighted by atomic mass is 10.3. The second kappa shape index (κ2) is 8.60. The van der Waals surface area contributed by atoms with Crippen molar-refractivity contribution in [3.63, 3.8) is 0 Å². The van der Waals surface area contributed by atoms with Crippen molar-refractivity contribution >= 4 is 43.3 Å². The number of nitrogens with one attached hydrogen (secondary N) is 1. The molecule has 0 aliphatic heterocycles. The molecule has 0 radical (unpaired) electrons. The largest absolute Gasteiger partial charge is 0.331 e. The fraction of sp³-hybridized carbons (Fsp3) is 0.421. The van der Waals surface area contributed by atoms with E-state index >= 15 is 0 Å². The smallest absolute Gasteiger partial charge is 0.243 e. The Hall–Kier alpha value is -2.30. The first-order valence-corrected chi connectivity index (χ1v) is 11.7. The van der Waals surface area contributed by atoms with Gasteiger partial charge in [-0.05, 0) is 25.1 Å². The van der Waals surface area contributed by atoms with Gasteiger partial charge in [0.05, 0.1) is 27.1 Å². The molecule has 0 saturated carbocycles. The molecular formula is C19H25N5O3S2. The highest BCUT2D eigenvalue weighted by Gasteiger charge is 2.22. The summed E-state index contributed by atoms with van der Waals surface area (Å²) >= 11 is 1.39. The number of aryl methyl sites for hydroxylation is 3. The summed E-state index contributed by atoms with van der Waals surface area (Å²) < 4.78 is 28.8. The van der Waals surface area contributed by atoms with Gasteiger partial charge < -0.3 is 9.88 Å². The van der Waals surface area contributed by atoms with E-state index in [4.69, 9.17) is 0 Å². The Bertz CT molecular complexity index is 1130. The second-order valence-corrected chi connectivity index (χ2v) is 9.43. The van der Waals surface area contributed by atoms with E-state index in [1.165, 1.54) is 15.6 Å².